The molecule has 1 radical (unpaired) electrons. The summed E-state index contributed by atoms with van der Waals surface area (Å²) in [7, 11) is 1.62. The van der Waals surface area contributed by atoms with E-state index in [2.05, 4.69) is 17.9 Å². The van der Waals surface area contributed by atoms with Gasteiger partial charge in [0.15, 0.2) is 0 Å². The Morgan fingerprint density at radius 3 is 2.39 bits per heavy atom. The molecule has 0 heterocycles. The SMILES string of the molecule is COc1[c-]cc(C#Cc2ccc(CC(=O)O)c(C)c2)cc1C.[Y]. The van der Waals surface area contributed by atoms with Crippen LogP contribution in [0.25, 0.3) is 0 Å². The van der Waals surface area contributed by atoms with Crippen LogP contribution in [0, 0.1) is 31.8 Å². The van der Waals surface area contributed by atoms with Crippen LogP contribution in [0.4, 0.5) is 0 Å². The summed E-state index contributed by atoms with van der Waals surface area (Å²) >= 11 is 0. The second-order valence-electron chi connectivity index (χ2n) is 5.07. The number of carboxylic acid groups (broad SMARTS) is 1. The summed E-state index contributed by atoms with van der Waals surface area (Å²) in [5, 5.41) is 8.84. The molecule has 115 valence electrons. The van der Waals surface area contributed by atoms with Gasteiger partial charge in [-0.2, -0.15) is 12.1 Å². The minimum Gasteiger partial charge on any atom is -0.522 e. The van der Waals surface area contributed by atoms with Gasteiger partial charge in [-0.3, -0.25) is 4.79 Å². The Labute approximate surface area is 161 Å². The Kier molecular flexibility index (Phi) is 7.48. The number of carbonyl (C=O) groups is 1. The molecule has 0 saturated heterocycles. The normalized spacial score (nSPS) is 9.35. The van der Waals surface area contributed by atoms with Crippen LogP contribution in [0.3, 0.4) is 0 Å². The third kappa shape index (κ3) is 5.50. The van der Waals surface area contributed by atoms with Crippen molar-refractivity contribution in [2.45, 2.75) is 20.3 Å². The first-order valence-electron chi connectivity index (χ1n) is 6.89. The van der Waals surface area contributed by atoms with E-state index in [9.17, 15) is 4.79 Å². The molecule has 23 heavy (non-hydrogen) atoms. The molecule has 4 heteroatoms. The van der Waals surface area contributed by atoms with E-state index in [1.54, 1.807) is 13.2 Å². The predicted molar refractivity (Wildman–Crippen MR) is 85.1 cm³/mol. The van der Waals surface area contributed by atoms with E-state index < -0.39 is 5.97 Å². The minimum absolute atomic E-state index is 0. The zero-order valence-electron chi connectivity index (χ0n) is 13.4. The fourth-order valence-electron chi connectivity index (χ4n) is 2.17. The van der Waals surface area contributed by atoms with Gasteiger partial charge in [-0.1, -0.05) is 24.5 Å². The summed E-state index contributed by atoms with van der Waals surface area (Å²) in [5.41, 5.74) is 4.46. The van der Waals surface area contributed by atoms with E-state index in [0.717, 1.165) is 33.6 Å². The zero-order valence-corrected chi connectivity index (χ0v) is 16.3. The number of benzene rings is 2. The summed E-state index contributed by atoms with van der Waals surface area (Å²) in [4.78, 5) is 10.8. The molecule has 0 aliphatic heterocycles. The Morgan fingerprint density at radius 2 is 1.83 bits per heavy atom. The molecule has 3 nitrogen and oxygen atoms in total. The van der Waals surface area contributed by atoms with Gasteiger partial charge in [-0.05, 0) is 30.2 Å². The largest absolute Gasteiger partial charge is 0.522 e. The summed E-state index contributed by atoms with van der Waals surface area (Å²) < 4.78 is 5.17. The molecule has 0 spiro atoms. The topological polar surface area (TPSA) is 46.5 Å². The van der Waals surface area contributed by atoms with Gasteiger partial charge in [-0.25, -0.2) is 0 Å². The van der Waals surface area contributed by atoms with Crippen LogP contribution >= 0.6 is 0 Å². The van der Waals surface area contributed by atoms with Gasteiger partial charge in [-0.15, -0.1) is 17.6 Å². The quantitative estimate of drug-likeness (QED) is 0.656. The molecule has 0 aliphatic carbocycles. The van der Waals surface area contributed by atoms with Crippen molar-refractivity contribution in [3.8, 4) is 17.6 Å². The van der Waals surface area contributed by atoms with Crippen LogP contribution in [0.1, 0.15) is 27.8 Å². The molecule has 0 saturated carbocycles. The van der Waals surface area contributed by atoms with Gasteiger partial charge in [0.25, 0.3) is 0 Å². The fraction of sp³-hybridized carbons (Fsp3) is 0.211. The maximum atomic E-state index is 10.8. The van der Waals surface area contributed by atoms with Crippen molar-refractivity contribution in [2.75, 3.05) is 7.11 Å². The van der Waals surface area contributed by atoms with E-state index in [1.165, 1.54) is 0 Å². The van der Waals surface area contributed by atoms with Crippen LogP contribution in [0.5, 0.6) is 5.75 Å². The van der Waals surface area contributed by atoms with Crippen molar-refractivity contribution in [1.29, 1.82) is 0 Å². The number of rotatable bonds is 3. The summed E-state index contributed by atoms with van der Waals surface area (Å²) in [6, 6.07) is 12.4. The summed E-state index contributed by atoms with van der Waals surface area (Å²) in [6.07, 6.45) is 0.0339. The van der Waals surface area contributed by atoms with Crippen molar-refractivity contribution >= 4 is 5.97 Å². The first kappa shape index (κ1) is 19.4. The Hall–Kier alpha value is -1.63. The maximum absolute atomic E-state index is 10.8. The molecule has 0 aliphatic rings. The first-order valence-corrected chi connectivity index (χ1v) is 6.89. The number of ether oxygens (including phenoxy) is 1. The zero-order chi connectivity index (χ0) is 16.1. The van der Waals surface area contributed by atoms with Gasteiger partial charge in [0.1, 0.15) is 0 Å². The number of aliphatic carboxylic acids is 1. The van der Waals surface area contributed by atoms with Gasteiger partial charge >= 0.3 is 5.97 Å². The molecule has 2 aromatic carbocycles. The average Bonchev–Trinajstić information content (AvgIpc) is 2.47. The molecular formula is C19H17O3Y-. The molecule has 0 aromatic heterocycles. The minimum atomic E-state index is -0.828. The standard InChI is InChI=1S/C19H17O3.Y/c1-13-10-15(6-8-17(13)12-19(20)21)4-5-16-7-9-18(22-3)14(2)11-16;/h6-8,10-11H,12H2,1-3H3,(H,20,21);/q-1;. The van der Waals surface area contributed by atoms with Crippen molar-refractivity contribution < 1.29 is 47.3 Å². The van der Waals surface area contributed by atoms with Crippen LogP contribution in [-0.2, 0) is 43.9 Å². The number of carboxylic acids is 1. The van der Waals surface area contributed by atoms with Crippen molar-refractivity contribution in [2.24, 2.45) is 0 Å². The van der Waals surface area contributed by atoms with Crippen molar-refractivity contribution in [3.63, 3.8) is 0 Å². The summed E-state index contributed by atoms with van der Waals surface area (Å²) in [6.45, 7) is 3.85. The smallest absolute Gasteiger partial charge is 0.307 e. The first-order chi connectivity index (χ1) is 10.5. The molecule has 0 atom stereocenters. The van der Waals surface area contributed by atoms with Gasteiger partial charge in [0.2, 0.25) is 0 Å². The molecule has 1 N–H and O–H groups in total. The monoisotopic (exact) mass is 382 g/mol. The van der Waals surface area contributed by atoms with E-state index >= 15 is 0 Å². The number of hydrogen-bond donors (Lipinski definition) is 1. The molecule has 0 fully saturated rings. The van der Waals surface area contributed by atoms with E-state index in [4.69, 9.17) is 9.84 Å². The Balaban J connectivity index is 0.00000264. The number of aryl methyl sites for hydroxylation is 2. The third-order valence-electron chi connectivity index (χ3n) is 3.33. The molecule has 0 amide bonds. The Bertz CT molecular complexity index is 770. The second kappa shape index (κ2) is 8.86. The van der Waals surface area contributed by atoms with Gasteiger partial charge in [0.05, 0.1) is 13.5 Å². The summed E-state index contributed by atoms with van der Waals surface area (Å²) in [5.74, 6) is 6.07. The molecular weight excluding hydrogens is 365 g/mol. The molecule has 2 aromatic rings. The van der Waals surface area contributed by atoms with Gasteiger partial charge in [0, 0.05) is 44.0 Å². The number of methoxy groups -OCH3 is 1. The Morgan fingerprint density at radius 1 is 1.17 bits per heavy atom. The van der Waals surface area contributed by atoms with E-state index in [0.29, 0.717) is 0 Å². The average molecular weight is 382 g/mol. The predicted octanol–water partition coefficient (Wildman–Crippen LogP) is 3.14. The molecule has 0 bridgehead atoms. The van der Waals surface area contributed by atoms with Crippen LogP contribution in [0.2, 0.25) is 0 Å². The van der Waals surface area contributed by atoms with Crippen LogP contribution < -0.4 is 4.74 Å². The molecule has 0 unspecified atom stereocenters. The second-order valence-corrected chi connectivity index (χ2v) is 5.07. The molecule has 2 rings (SSSR count). The van der Waals surface area contributed by atoms with Crippen LogP contribution in [-0.4, -0.2) is 18.2 Å². The van der Waals surface area contributed by atoms with E-state index in [1.807, 2.05) is 38.1 Å². The fourth-order valence-corrected chi connectivity index (χ4v) is 2.17. The van der Waals surface area contributed by atoms with Crippen molar-refractivity contribution in [3.05, 3.63) is 64.2 Å². The number of hydrogen-bond acceptors (Lipinski definition) is 2. The van der Waals surface area contributed by atoms with Crippen LogP contribution in [0.15, 0.2) is 30.3 Å². The van der Waals surface area contributed by atoms with Crippen molar-refractivity contribution in [1.82, 2.24) is 0 Å². The van der Waals surface area contributed by atoms with Gasteiger partial charge < -0.3 is 9.84 Å². The maximum Gasteiger partial charge on any atom is 0.307 e. The third-order valence-corrected chi connectivity index (χ3v) is 3.33. The van der Waals surface area contributed by atoms with E-state index in [-0.39, 0.29) is 39.1 Å².